The summed E-state index contributed by atoms with van der Waals surface area (Å²) in [5.74, 6) is 0. The Morgan fingerprint density at radius 1 is 1.25 bits per heavy atom. The smallest absolute Gasteiger partial charge is 0.117 e. The molecule has 1 fully saturated rings. The van der Waals surface area contributed by atoms with Gasteiger partial charge in [0.2, 0.25) is 0 Å². The molecule has 1 N–H and O–H groups in total. The molecule has 0 bridgehead atoms. The summed E-state index contributed by atoms with van der Waals surface area (Å²) in [6.45, 7) is 0.975. The SMILES string of the molecule is OC1(c2cccc3cccnc23)CCOC1. The van der Waals surface area contributed by atoms with Crippen LogP contribution in [0.3, 0.4) is 0 Å². The van der Waals surface area contributed by atoms with Crippen LogP contribution in [0.2, 0.25) is 0 Å². The lowest BCUT2D eigenvalue weighted by Crippen LogP contribution is -2.26. The van der Waals surface area contributed by atoms with E-state index in [4.69, 9.17) is 4.74 Å². The van der Waals surface area contributed by atoms with Gasteiger partial charge >= 0.3 is 0 Å². The van der Waals surface area contributed by atoms with Crippen molar-refractivity contribution in [2.45, 2.75) is 12.0 Å². The molecule has 0 radical (unpaired) electrons. The maximum Gasteiger partial charge on any atom is 0.117 e. The molecule has 0 spiro atoms. The number of aromatic nitrogens is 1. The lowest BCUT2D eigenvalue weighted by Gasteiger charge is -2.21. The van der Waals surface area contributed by atoms with Crippen LogP contribution < -0.4 is 0 Å². The molecule has 3 heteroatoms. The average Bonchev–Trinajstić information content (AvgIpc) is 2.77. The number of pyridine rings is 1. The van der Waals surface area contributed by atoms with Crippen molar-refractivity contribution < 1.29 is 9.84 Å². The lowest BCUT2D eigenvalue weighted by atomic mass is 9.91. The topological polar surface area (TPSA) is 42.4 Å². The van der Waals surface area contributed by atoms with E-state index in [0.29, 0.717) is 19.6 Å². The van der Waals surface area contributed by atoms with Crippen molar-refractivity contribution in [1.82, 2.24) is 4.98 Å². The highest BCUT2D eigenvalue weighted by Gasteiger charge is 2.35. The van der Waals surface area contributed by atoms with Gasteiger partial charge in [-0.05, 0) is 6.07 Å². The van der Waals surface area contributed by atoms with Crippen molar-refractivity contribution in [3.05, 3.63) is 42.1 Å². The zero-order chi connectivity index (χ0) is 11.0. The van der Waals surface area contributed by atoms with Gasteiger partial charge in [0.05, 0.1) is 12.1 Å². The molecule has 82 valence electrons. The number of fused-ring (bicyclic) bond motifs is 1. The molecule has 1 atom stereocenters. The molecule has 0 amide bonds. The van der Waals surface area contributed by atoms with E-state index in [-0.39, 0.29) is 0 Å². The summed E-state index contributed by atoms with van der Waals surface area (Å²) in [5.41, 5.74) is 0.884. The lowest BCUT2D eigenvalue weighted by molar-refractivity contribution is 0.0243. The highest BCUT2D eigenvalue weighted by molar-refractivity contribution is 5.82. The average molecular weight is 215 g/mol. The second kappa shape index (κ2) is 3.54. The molecule has 1 aromatic heterocycles. The normalized spacial score (nSPS) is 25.1. The second-order valence-corrected chi connectivity index (χ2v) is 4.21. The summed E-state index contributed by atoms with van der Waals surface area (Å²) in [4.78, 5) is 4.36. The van der Waals surface area contributed by atoms with Gasteiger partial charge in [0, 0.05) is 30.2 Å². The van der Waals surface area contributed by atoms with E-state index in [0.717, 1.165) is 16.5 Å². The van der Waals surface area contributed by atoms with E-state index in [1.165, 1.54) is 0 Å². The first-order valence-corrected chi connectivity index (χ1v) is 5.44. The molecule has 1 saturated heterocycles. The first-order chi connectivity index (χ1) is 7.80. The van der Waals surface area contributed by atoms with Gasteiger partial charge in [-0.2, -0.15) is 0 Å². The molecular formula is C13H13NO2. The Bertz CT molecular complexity index is 513. The van der Waals surface area contributed by atoms with E-state index >= 15 is 0 Å². The highest BCUT2D eigenvalue weighted by Crippen LogP contribution is 2.33. The van der Waals surface area contributed by atoms with Crippen molar-refractivity contribution in [3.8, 4) is 0 Å². The molecule has 2 heterocycles. The van der Waals surface area contributed by atoms with Gasteiger partial charge in [-0.15, -0.1) is 0 Å². The molecule has 1 aliphatic rings. The van der Waals surface area contributed by atoms with Gasteiger partial charge in [-0.25, -0.2) is 0 Å². The standard InChI is InChI=1S/C13H13NO2/c15-13(6-8-16-9-13)11-5-1-3-10-4-2-7-14-12(10)11/h1-5,7,15H,6,8-9H2. The van der Waals surface area contributed by atoms with Crippen LogP contribution in [0.1, 0.15) is 12.0 Å². The molecule has 3 nitrogen and oxygen atoms in total. The van der Waals surface area contributed by atoms with Crippen LogP contribution in [0.15, 0.2) is 36.5 Å². The van der Waals surface area contributed by atoms with Gasteiger partial charge < -0.3 is 9.84 Å². The van der Waals surface area contributed by atoms with Crippen LogP contribution in [0.25, 0.3) is 10.9 Å². The van der Waals surface area contributed by atoms with E-state index in [2.05, 4.69) is 4.98 Å². The fourth-order valence-electron chi connectivity index (χ4n) is 2.25. The predicted octanol–water partition coefficient (Wildman–Crippen LogP) is 1.84. The maximum absolute atomic E-state index is 10.5. The van der Waals surface area contributed by atoms with Crippen molar-refractivity contribution in [1.29, 1.82) is 0 Å². The van der Waals surface area contributed by atoms with Crippen LogP contribution >= 0.6 is 0 Å². The van der Waals surface area contributed by atoms with E-state index in [9.17, 15) is 5.11 Å². The molecule has 1 aliphatic heterocycles. The van der Waals surface area contributed by atoms with Crippen molar-refractivity contribution in [2.24, 2.45) is 0 Å². The zero-order valence-electron chi connectivity index (χ0n) is 8.89. The third kappa shape index (κ3) is 1.40. The number of hydrogen-bond donors (Lipinski definition) is 1. The van der Waals surface area contributed by atoms with E-state index in [1.54, 1.807) is 6.20 Å². The molecule has 0 aliphatic carbocycles. The highest BCUT2D eigenvalue weighted by atomic mass is 16.5. The summed E-state index contributed by atoms with van der Waals surface area (Å²) < 4.78 is 5.29. The Morgan fingerprint density at radius 2 is 2.12 bits per heavy atom. The molecule has 3 rings (SSSR count). The first-order valence-electron chi connectivity index (χ1n) is 5.44. The minimum absolute atomic E-state index is 0.364. The van der Waals surface area contributed by atoms with E-state index < -0.39 is 5.60 Å². The zero-order valence-corrected chi connectivity index (χ0v) is 8.89. The number of hydrogen-bond acceptors (Lipinski definition) is 3. The van der Waals surface area contributed by atoms with Crippen LogP contribution in [-0.2, 0) is 10.3 Å². The van der Waals surface area contributed by atoms with Crippen LogP contribution in [-0.4, -0.2) is 23.3 Å². The molecule has 16 heavy (non-hydrogen) atoms. The molecule has 2 aromatic rings. The fraction of sp³-hybridized carbons (Fsp3) is 0.308. The Labute approximate surface area is 93.7 Å². The summed E-state index contributed by atoms with van der Waals surface area (Å²) in [6, 6.07) is 9.80. The molecule has 0 saturated carbocycles. The monoisotopic (exact) mass is 215 g/mol. The molecular weight excluding hydrogens is 202 g/mol. The van der Waals surface area contributed by atoms with Crippen molar-refractivity contribution >= 4 is 10.9 Å². The fourth-order valence-corrected chi connectivity index (χ4v) is 2.25. The number of rotatable bonds is 1. The first kappa shape index (κ1) is 9.75. The third-order valence-corrected chi connectivity index (χ3v) is 3.13. The number of ether oxygens (including phenoxy) is 1. The summed E-state index contributed by atoms with van der Waals surface area (Å²) in [5, 5.41) is 11.6. The number of nitrogens with zero attached hydrogens (tertiary/aromatic N) is 1. The van der Waals surface area contributed by atoms with Gasteiger partial charge in [0.25, 0.3) is 0 Å². The van der Waals surface area contributed by atoms with Gasteiger partial charge in [0.1, 0.15) is 5.60 Å². The minimum atomic E-state index is -0.867. The third-order valence-electron chi connectivity index (χ3n) is 3.13. The van der Waals surface area contributed by atoms with Crippen molar-refractivity contribution in [2.75, 3.05) is 13.2 Å². The molecule has 1 unspecified atom stereocenters. The van der Waals surface area contributed by atoms with Crippen LogP contribution in [0, 0.1) is 0 Å². The van der Waals surface area contributed by atoms with Crippen LogP contribution in [0.4, 0.5) is 0 Å². The Kier molecular flexibility index (Phi) is 2.16. The van der Waals surface area contributed by atoms with Gasteiger partial charge in [-0.1, -0.05) is 24.3 Å². The maximum atomic E-state index is 10.5. The largest absolute Gasteiger partial charge is 0.383 e. The second-order valence-electron chi connectivity index (χ2n) is 4.21. The summed E-state index contributed by atoms with van der Waals surface area (Å²) in [7, 11) is 0. The summed E-state index contributed by atoms with van der Waals surface area (Å²) in [6.07, 6.45) is 2.40. The number of para-hydroxylation sites is 1. The Balaban J connectivity index is 2.23. The van der Waals surface area contributed by atoms with Gasteiger partial charge in [0.15, 0.2) is 0 Å². The Hall–Kier alpha value is -1.45. The van der Waals surface area contributed by atoms with E-state index in [1.807, 2.05) is 30.3 Å². The quantitative estimate of drug-likeness (QED) is 0.789. The minimum Gasteiger partial charge on any atom is -0.383 e. The number of benzene rings is 1. The number of aliphatic hydroxyl groups is 1. The van der Waals surface area contributed by atoms with Crippen molar-refractivity contribution in [3.63, 3.8) is 0 Å². The Morgan fingerprint density at radius 3 is 2.94 bits per heavy atom. The summed E-state index contributed by atoms with van der Waals surface area (Å²) >= 11 is 0. The predicted molar refractivity (Wildman–Crippen MR) is 61.1 cm³/mol. The molecule has 1 aromatic carbocycles. The van der Waals surface area contributed by atoms with Crippen LogP contribution in [0.5, 0.6) is 0 Å². The van der Waals surface area contributed by atoms with Gasteiger partial charge in [-0.3, -0.25) is 4.98 Å².